The van der Waals surface area contributed by atoms with Crippen LogP contribution in [0.5, 0.6) is 0 Å². The van der Waals surface area contributed by atoms with Crippen LogP contribution in [0.3, 0.4) is 0 Å². The Hall–Kier alpha value is -1.95. The molecule has 1 unspecified atom stereocenters. The Kier molecular flexibility index (Phi) is 3.11. The van der Waals surface area contributed by atoms with Gasteiger partial charge in [-0.15, -0.1) is 0 Å². The number of piperazine rings is 1. The summed E-state index contributed by atoms with van der Waals surface area (Å²) in [7, 11) is 0. The fourth-order valence-electron chi connectivity index (χ4n) is 1.40. The first kappa shape index (κ1) is 10.6. The fourth-order valence-corrected chi connectivity index (χ4v) is 1.40. The van der Waals surface area contributed by atoms with Crippen LogP contribution in [0.25, 0.3) is 0 Å². The second-order valence-corrected chi connectivity index (χ2v) is 3.44. The van der Waals surface area contributed by atoms with E-state index in [9.17, 15) is 9.59 Å². The number of aromatic nitrogens is 1. The Morgan fingerprint density at radius 1 is 1.50 bits per heavy atom. The molecule has 1 saturated heterocycles. The molecule has 0 saturated carbocycles. The van der Waals surface area contributed by atoms with Crippen LogP contribution in [0.4, 0.5) is 5.82 Å². The molecule has 84 valence electrons. The van der Waals surface area contributed by atoms with E-state index in [0.29, 0.717) is 12.4 Å². The zero-order chi connectivity index (χ0) is 11.4. The van der Waals surface area contributed by atoms with E-state index in [0.717, 1.165) is 0 Å². The molecular formula is C10H12N4O2. The molecule has 0 spiro atoms. The predicted octanol–water partition coefficient (Wildman–Crippen LogP) is -0.892. The second kappa shape index (κ2) is 4.71. The number of hydrogen-bond acceptors (Lipinski definition) is 4. The molecule has 16 heavy (non-hydrogen) atoms. The van der Waals surface area contributed by atoms with Crippen LogP contribution in [0.1, 0.15) is 0 Å². The van der Waals surface area contributed by atoms with Crippen LogP contribution < -0.4 is 16.0 Å². The summed E-state index contributed by atoms with van der Waals surface area (Å²) in [5, 5.41) is 8.12. The van der Waals surface area contributed by atoms with Crippen molar-refractivity contribution in [1.29, 1.82) is 0 Å². The van der Waals surface area contributed by atoms with Crippen LogP contribution in [-0.2, 0) is 9.59 Å². The first-order valence-electron chi connectivity index (χ1n) is 4.97. The van der Waals surface area contributed by atoms with E-state index in [2.05, 4.69) is 20.9 Å². The second-order valence-electron chi connectivity index (χ2n) is 3.44. The molecule has 1 fully saturated rings. The number of nitrogens with zero attached hydrogens (tertiary/aromatic N) is 1. The molecule has 2 rings (SSSR count). The first-order valence-corrected chi connectivity index (χ1v) is 4.97. The maximum Gasteiger partial charge on any atom is 0.244 e. The van der Waals surface area contributed by atoms with E-state index >= 15 is 0 Å². The van der Waals surface area contributed by atoms with Gasteiger partial charge < -0.3 is 10.6 Å². The van der Waals surface area contributed by atoms with Gasteiger partial charge in [-0.3, -0.25) is 14.9 Å². The maximum atomic E-state index is 11.7. The lowest BCUT2D eigenvalue weighted by molar-refractivity contribution is -0.124. The average Bonchev–Trinajstić information content (AvgIpc) is 2.31. The molecule has 1 aromatic rings. The zero-order valence-corrected chi connectivity index (χ0v) is 8.56. The van der Waals surface area contributed by atoms with Crippen molar-refractivity contribution >= 4 is 17.6 Å². The van der Waals surface area contributed by atoms with Crippen molar-refractivity contribution in [2.75, 3.05) is 18.4 Å². The lowest BCUT2D eigenvalue weighted by Gasteiger charge is -2.22. The van der Waals surface area contributed by atoms with Crippen LogP contribution in [-0.4, -0.2) is 35.9 Å². The Bertz CT molecular complexity index is 383. The largest absolute Gasteiger partial charge is 0.353 e. The van der Waals surface area contributed by atoms with Crippen LogP contribution in [0.2, 0.25) is 0 Å². The van der Waals surface area contributed by atoms with Crippen molar-refractivity contribution in [3.8, 4) is 0 Å². The number of pyridine rings is 1. The SMILES string of the molecule is O=C1CNC(C(=O)Nc2ccccn2)CN1. The van der Waals surface area contributed by atoms with E-state index in [1.165, 1.54) is 0 Å². The van der Waals surface area contributed by atoms with Gasteiger partial charge in [0.25, 0.3) is 0 Å². The standard InChI is InChI=1S/C10H12N4O2/c15-9-6-12-7(5-13-9)10(16)14-8-3-1-2-4-11-8/h1-4,7,12H,5-6H2,(H,13,15)(H,11,14,16). The lowest BCUT2D eigenvalue weighted by Crippen LogP contribution is -2.56. The molecule has 0 aliphatic carbocycles. The number of rotatable bonds is 2. The van der Waals surface area contributed by atoms with Gasteiger partial charge in [0.2, 0.25) is 11.8 Å². The topological polar surface area (TPSA) is 83.1 Å². The smallest absolute Gasteiger partial charge is 0.244 e. The van der Waals surface area contributed by atoms with Gasteiger partial charge in [-0.2, -0.15) is 0 Å². The van der Waals surface area contributed by atoms with Gasteiger partial charge in [0, 0.05) is 12.7 Å². The van der Waals surface area contributed by atoms with Gasteiger partial charge in [-0.1, -0.05) is 6.07 Å². The minimum atomic E-state index is -0.403. The van der Waals surface area contributed by atoms with Crippen molar-refractivity contribution in [1.82, 2.24) is 15.6 Å². The summed E-state index contributed by atoms with van der Waals surface area (Å²) in [5.41, 5.74) is 0. The number of nitrogens with one attached hydrogen (secondary N) is 3. The fraction of sp³-hybridized carbons (Fsp3) is 0.300. The molecule has 0 aromatic carbocycles. The van der Waals surface area contributed by atoms with E-state index in [4.69, 9.17) is 0 Å². The summed E-state index contributed by atoms with van der Waals surface area (Å²) >= 11 is 0. The highest BCUT2D eigenvalue weighted by Crippen LogP contribution is 2.01. The van der Waals surface area contributed by atoms with E-state index in [1.807, 2.05) is 0 Å². The Morgan fingerprint density at radius 2 is 2.38 bits per heavy atom. The van der Waals surface area contributed by atoms with Crippen molar-refractivity contribution in [2.24, 2.45) is 0 Å². The molecule has 1 aliphatic rings. The maximum absolute atomic E-state index is 11.7. The van der Waals surface area contributed by atoms with Gasteiger partial charge in [0.05, 0.1) is 6.54 Å². The molecule has 3 N–H and O–H groups in total. The summed E-state index contributed by atoms with van der Waals surface area (Å²) < 4.78 is 0. The quantitative estimate of drug-likeness (QED) is 0.603. The minimum absolute atomic E-state index is 0.0955. The predicted molar refractivity (Wildman–Crippen MR) is 57.7 cm³/mol. The summed E-state index contributed by atoms with van der Waals surface area (Å²) in [6.45, 7) is 0.470. The Balaban J connectivity index is 1.91. The minimum Gasteiger partial charge on any atom is -0.353 e. The third kappa shape index (κ3) is 2.54. The molecule has 1 aromatic heterocycles. The molecule has 0 radical (unpaired) electrons. The first-order chi connectivity index (χ1) is 7.75. The van der Waals surface area contributed by atoms with Gasteiger partial charge in [-0.25, -0.2) is 4.98 Å². The zero-order valence-electron chi connectivity index (χ0n) is 8.56. The van der Waals surface area contributed by atoms with Gasteiger partial charge in [-0.05, 0) is 12.1 Å². The number of carbonyl (C=O) groups excluding carboxylic acids is 2. The normalized spacial score (nSPS) is 20.0. The number of hydrogen-bond donors (Lipinski definition) is 3. The van der Waals surface area contributed by atoms with Crippen molar-refractivity contribution in [2.45, 2.75) is 6.04 Å². The van der Waals surface area contributed by atoms with Crippen LogP contribution >= 0.6 is 0 Å². The molecule has 1 aliphatic heterocycles. The van der Waals surface area contributed by atoms with E-state index in [1.54, 1.807) is 24.4 Å². The number of amides is 2. The van der Waals surface area contributed by atoms with Gasteiger partial charge in [0.1, 0.15) is 11.9 Å². The third-order valence-corrected chi connectivity index (χ3v) is 2.25. The summed E-state index contributed by atoms with van der Waals surface area (Å²) in [6.07, 6.45) is 1.60. The highest BCUT2D eigenvalue weighted by molar-refractivity contribution is 5.95. The number of carbonyl (C=O) groups is 2. The van der Waals surface area contributed by atoms with Gasteiger partial charge >= 0.3 is 0 Å². The van der Waals surface area contributed by atoms with E-state index in [-0.39, 0.29) is 18.4 Å². The highest BCUT2D eigenvalue weighted by Gasteiger charge is 2.23. The molecule has 6 nitrogen and oxygen atoms in total. The third-order valence-electron chi connectivity index (χ3n) is 2.25. The average molecular weight is 220 g/mol. The van der Waals surface area contributed by atoms with E-state index < -0.39 is 6.04 Å². The summed E-state index contributed by atoms with van der Waals surface area (Å²) in [5.74, 6) is 0.215. The Labute approximate surface area is 92.4 Å². The Morgan fingerprint density at radius 3 is 3.00 bits per heavy atom. The lowest BCUT2D eigenvalue weighted by atomic mass is 10.2. The van der Waals surface area contributed by atoms with Crippen LogP contribution in [0.15, 0.2) is 24.4 Å². The summed E-state index contributed by atoms with van der Waals surface area (Å²) in [4.78, 5) is 26.6. The highest BCUT2D eigenvalue weighted by atomic mass is 16.2. The molecule has 1 atom stereocenters. The van der Waals surface area contributed by atoms with Crippen molar-refractivity contribution in [3.63, 3.8) is 0 Å². The van der Waals surface area contributed by atoms with Crippen LogP contribution in [0, 0.1) is 0 Å². The molecular weight excluding hydrogens is 208 g/mol. The number of anilines is 1. The van der Waals surface area contributed by atoms with Gasteiger partial charge in [0.15, 0.2) is 0 Å². The monoisotopic (exact) mass is 220 g/mol. The molecule has 6 heteroatoms. The summed E-state index contributed by atoms with van der Waals surface area (Å²) in [6, 6.07) is 4.87. The van der Waals surface area contributed by atoms with Crippen molar-refractivity contribution in [3.05, 3.63) is 24.4 Å². The molecule has 0 bridgehead atoms. The molecule has 2 amide bonds. The van der Waals surface area contributed by atoms with Crippen molar-refractivity contribution < 1.29 is 9.59 Å². The molecule has 2 heterocycles.